The van der Waals surface area contributed by atoms with Gasteiger partial charge < -0.3 is 4.52 Å². The molecule has 1 heterocycles. The zero-order chi connectivity index (χ0) is 5.98. The topological polar surface area (TPSA) is 76.7 Å². The molecule has 0 aliphatic carbocycles. The molecule has 0 amide bonds. The third-order valence-electron chi connectivity index (χ3n) is 0.763. The Morgan fingerprint density at radius 2 is 2.75 bits per heavy atom. The van der Waals surface area contributed by atoms with Crippen molar-refractivity contribution in [3.8, 4) is 0 Å². The molecule has 0 saturated carbocycles. The molecule has 48 valence electrons. The molecule has 1 rings (SSSR count). The van der Waals surface area contributed by atoms with Crippen molar-refractivity contribution in [1.82, 2.24) is 5.09 Å². The lowest BCUT2D eigenvalue weighted by Crippen LogP contribution is -2.23. The van der Waals surface area contributed by atoms with Crippen LogP contribution in [-0.2, 0) is 9.41 Å². The molecule has 6 heteroatoms. The van der Waals surface area contributed by atoms with Crippen molar-refractivity contribution in [2.45, 2.75) is 6.23 Å². The number of nitrogens with one attached hydrogen (secondary N) is 1. The van der Waals surface area contributed by atoms with Crippen LogP contribution in [0.1, 0.15) is 0 Å². The molecule has 1 saturated heterocycles. The fourth-order valence-corrected chi connectivity index (χ4v) is 1.19. The molecule has 8 heavy (non-hydrogen) atoms. The largest absolute Gasteiger partial charge is 0.327 e. The lowest BCUT2D eigenvalue weighted by Gasteiger charge is -2.00. The highest BCUT2D eigenvalue weighted by Crippen LogP contribution is 2.28. The summed E-state index contributed by atoms with van der Waals surface area (Å²) < 4.78 is 4.80. The Labute approximate surface area is 47.6 Å². The van der Waals surface area contributed by atoms with Gasteiger partial charge in [-0.05, 0) is 0 Å². The van der Waals surface area contributed by atoms with Gasteiger partial charge in [0.15, 0.2) is 14.7 Å². The van der Waals surface area contributed by atoms with Gasteiger partial charge in [0.25, 0.3) is 0 Å². The van der Waals surface area contributed by atoms with Gasteiger partial charge in [-0.25, -0.2) is 9.97 Å². The summed E-state index contributed by atoms with van der Waals surface area (Å²) in [6.07, 6.45) is -0.439. The first-order valence-corrected chi connectivity index (χ1v) is 3.40. The Balaban J connectivity index is 2.22. The fourth-order valence-electron chi connectivity index (χ4n) is 0.418. The van der Waals surface area contributed by atoms with Gasteiger partial charge in [0.1, 0.15) is 0 Å². The van der Waals surface area contributed by atoms with Crippen LogP contribution in [0.5, 0.6) is 0 Å². The maximum atomic E-state index is 8.00. The van der Waals surface area contributed by atoms with E-state index in [4.69, 9.17) is 15.3 Å². The van der Waals surface area contributed by atoms with Crippen LogP contribution in [0.3, 0.4) is 0 Å². The van der Waals surface area contributed by atoms with Gasteiger partial charge in [-0.15, -0.1) is 0 Å². The van der Waals surface area contributed by atoms with E-state index in [1.807, 2.05) is 0 Å². The molecule has 5 nitrogen and oxygen atoms in total. The van der Waals surface area contributed by atoms with E-state index in [0.717, 1.165) is 0 Å². The Hall–Kier alpha value is 0.230. The second-order valence-electron chi connectivity index (χ2n) is 1.34. The highest BCUT2D eigenvalue weighted by molar-refractivity contribution is 7.47. The van der Waals surface area contributed by atoms with Crippen molar-refractivity contribution < 1.29 is 14.7 Å². The first-order valence-electron chi connectivity index (χ1n) is 2.07. The maximum Gasteiger partial charge on any atom is 0.181 e. The van der Waals surface area contributed by atoms with Crippen molar-refractivity contribution in [3.63, 3.8) is 0 Å². The molecular formula is C2H7N2O3P. The summed E-state index contributed by atoms with van der Waals surface area (Å²) in [5.74, 6) is 0. The van der Waals surface area contributed by atoms with E-state index in [2.05, 4.69) is 9.97 Å². The van der Waals surface area contributed by atoms with Gasteiger partial charge in [0.2, 0.25) is 0 Å². The highest BCUT2D eigenvalue weighted by atomic mass is 31.2. The van der Waals surface area contributed by atoms with Gasteiger partial charge >= 0.3 is 0 Å². The van der Waals surface area contributed by atoms with Crippen LogP contribution in [0.2, 0.25) is 0 Å². The van der Waals surface area contributed by atoms with Crippen molar-refractivity contribution in [1.29, 1.82) is 0 Å². The van der Waals surface area contributed by atoms with Crippen molar-refractivity contribution in [3.05, 3.63) is 0 Å². The average Bonchev–Trinajstić information content (AvgIpc) is 2.14. The second kappa shape index (κ2) is 2.68. The van der Waals surface area contributed by atoms with E-state index >= 15 is 0 Å². The van der Waals surface area contributed by atoms with E-state index in [9.17, 15) is 0 Å². The quantitative estimate of drug-likeness (QED) is 0.261. The van der Waals surface area contributed by atoms with Gasteiger partial charge in [0.05, 0.1) is 6.61 Å². The van der Waals surface area contributed by atoms with Gasteiger partial charge in [-0.1, -0.05) is 0 Å². The molecule has 4 N–H and O–H groups in total. The van der Waals surface area contributed by atoms with Crippen LogP contribution < -0.4 is 10.6 Å². The van der Waals surface area contributed by atoms with Crippen LogP contribution in [0.15, 0.2) is 0 Å². The van der Waals surface area contributed by atoms with E-state index < -0.39 is 14.7 Å². The highest BCUT2D eigenvalue weighted by Gasteiger charge is 2.22. The third-order valence-corrected chi connectivity index (χ3v) is 1.73. The standard InChI is InChI=1S/C2H7N2O3P/c3-8-4-2(7-5)1-6-8/h2,4-5H,1,3H2. The minimum absolute atomic E-state index is 0.318. The summed E-state index contributed by atoms with van der Waals surface area (Å²) in [6, 6.07) is 0. The number of hydrogen-bond acceptors (Lipinski definition) is 5. The van der Waals surface area contributed by atoms with Crippen LogP contribution in [0, 0.1) is 0 Å². The van der Waals surface area contributed by atoms with E-state index in [1.54, 1.807) is 0 Å². The molecule has 0 aromatic heterocycles. The molecule has 0 aromatic rings. The van der Waals surface area contributed by atoms with Crippen molar-refractivity contribution in [2.75, 3.05) is 6.61 Å². The minimum Gasteiger partial charge on any atom is -0.327 e. The molecule has 0 aromatic carbocycles. The van der Waals surface area contributed by atoms with E-state index in [-0.39, 0.29) is 0 Å². The van der Waals surface area contributed by atoms with Crippen LogP contribution in [-0.4, -0.2) is 18.1 Å². The van der Waals surface area contributed by atoms with Crippen molar-refractivity contribution in [2.24, 2.45) is 5.50 Å². The zero-order valence-electron chi connectivity index (χ0n) is 4.07. The molecule has 1 fully saturated rings. The monoisotopic (exact) mass is 138 g/mol. The molecule has 0 radical (unpaired) electrons. The van der Waals surface area contributed by atoms with Gasteiger partial charge in [0, 0.05) is 0 Å². The SMILES string of the molecule is NP1NC(OO)CO1. The summed E-state index contributed by atoms with van der Waals surface area (Å²) >= 11 is 0. The molecule has 0 bridgehead atoms. The Morgan fingerprint density at radius 1 is 2.00 bits per heavy atom. The first kappa shape index (κ1) is 6.35. The minimum atomic E-state index is -1.05. The van der Waals surface area contributed by atoms with Crippen LogP contribution in [0.25, 0.3) is 0 Å². The normalized spacial score (nSPS) is 38.2. The number of hydrogen-bond donors (Lipinski definition) is 3. The maximum absolute atomic E-state index is 8.00. The van der Waals surface area contributed by atoms with Gasteiger partial charge in [-0.2, -0.15) is 0 Å². The summed E-state index contributed by atoms with van der Waals surface area (Å²) in [4.78, 5) is 3.88. The third kappa shape index (κ3) is 1.35. The lowest BCUT2D eigenvalue weighted by atomic mass is 10.7. The average molecular weight is 138 g/mol. The molecule has 0 spiro atoms. The predicted molar refractivity (Wildman–Crippen MR) is 27.7 cm³/mol. The number of rotatable bonds is 1. The molecular weight excluding hydrogens is 131 g/mol. The van der Waals surface area contributed by atoms with E-state index in [0.29, 0.717) is 6.61 Å². The summed E-state index contributed by atoms with van der Waals surface area (Å²) in [5, 5.41) is 10.6. The fraction of sp³-hybridized carbons (Fsp3) is 1.00. The molecule has 2 atom stereocenters. The molecule has 1 aliphatic rings. The predicted octanol–water partition coefficient (Wildman–Crippen LogP) is -0.393. The number of nitrogens with two attached hydrogens (primary N) is 1. The molecule has 2 unspecified atom stereocenters. The van der Waals surface area contributed by atoms with E-state index in [1.165, 1.54) is 0 Å². The first-order chi connectivity index (χ1) is 3.83. The smallest absolute Gasteiger partial charge is 0.181 e. The summed E-state index contributed by atoms with van der Waals surface area (Å²) in [7, 11) is -1.05. The summed E-state index contributed by atoms with van der Waals surface area (Å²) in [6.45, 7) is 0.318. The van der Waals surface area contributed by atoms with Crippen LogP contribution >= 0.6 is 8.45 Å². The van der Waals surface area contributed by atoms with Crippen molar-refractivity contribution >= 4 is 8.45 Å². The Bertz CT molecular complexity index is 81.7. The summed E-state index contributed by atoms with van der Waals surface area (Å²) in [5.41, 5.74) is 5.24. The Kier molecular flexibility index (Phi) is 2.13. The Morgan fingerprint density at radius 3 is 3.00 bits per heavy atom. The van der Waals surface area contributed by atoms with Crippen LogP contribution in [0.4, 0.5) is 0 Å². The lowest BCUT2D eigenvalue weighted by molar-refractivity contribution is -0.281. The molecule has 1 aliphatic heterocycles. The second-order valence-corrected chi connectivity index (χ2v) is 2.51. The zero-order valence-corrected chi connectivity index (χ0v) is 4.97. The van der Waals surface area contributed by atoms with Gasteiger partial charge in [-0.3, -0.25) is 10.8 Å².